The number of thioether (sulfide) groups is 1. The van der Waals surface area contributed by atoms with Crippen molar-refractivity contribution in [2.75, 3.05) is 19.0 Å². The fourth-order valence-electron chi connectivity index (χ4n) is 2.26. The minimum Gasteiger partial charge on any atom is -0.473 e. The molecule has 0 saturated carbocycles. The molecule has 0 spiro atoms. The van der Waals surface area contributed by atoms with Gasteiger partial charge in [0.25, 0.3) is 5.19 Å². The van der Waals surface area contributed by atoms with Crippen molar-refractivity contribution in [1.82, 2.24) is 15.0 Å². The van der Waals surface area contributed by atoms with Gasteiger partial charge in [0.15, 0.2) is 16.6 Å². The molecular formula is C17H20N4O2S2. The zero-order valence-corrected chi connectivity index (χ0v) is 15.9. The van der Waals surface area contributed by atoms with E-state index in [9.17, 15) is 5.11 Å². The van der Waals surface area contributed by atoms with Crippen molar-refractivity contribution in [1.29, 1.82) is 0 Å². The summed E-state index contributed by atoms with van der Waals surface area (Å²) in [6, 6.07) is 8.27. The number of methoxy groups -OCH3 is 1. The summed E-state index contributed by atoms with van der Waals surface area (Å²) in [4.78, 5) is 13.5. The summed E-state index contributed by atoms with van der Waals surface area (Å²) in [5.41, 5.74) is 3.07. The Morgan fingerprint density at radius 3 is 2.88 bits per heavy atom. The highest BCUT2D eigenvalue weighted by Gasteiger charge is 2.15. The molecule has 0 fully saturated rings. The number of nitrogens with zero attached hydrogens (tertiary/aromatic N) is 3. The van der Waals surface area contributed by atoms with Crippen molar-refractivity contribution in [2.24, 2.45) is 0 Å². The molecule has 0 radical (unpaired) electrons. The topological polar surface area (TPSA) is 80.2 Å². The SMILES string of the molecule is COc1nc2nc(SCc3cccc(C)c3)nc(N[C@H](C)CO)c2s1. The number of nitrogens with one attached hydrogen (secondary N) is 1. The summed E-state index contributed by atoms with van der Waals surface area (Å²) < 4.78 is 6.05. The Kier molecular flexibility index (Phi) is 5.72. The van der Waals surface area contributed by atoms with Gasteiger partial charge in [0.2, 0.25) is 0 Å². The predicted octanol–water partition coefficient (Wildman–Crippen LogP) is 3.49. The lowest BCUT2D eigenvalue weighted by Crippen LogP contribution is -2.20. The van der Waals surface area contributed by atoms with Crippen LogP contribution in [0.1, 0.15) is 18.1 Å². The van der Waals surface area contributed by atoms with Gasteiger partial charge in [0.1, 0.15) is 4.70 Å². The second-order valence-corrected chi connectivity index (χ2v) is 7.60. The molecule has 3 rings (SSSR count). The second kappa shape index (κ2) is 7.99. The van der Waals surface area contributed by atoms with Gasteiger partial charge < -0.3 is 15.2 Å². The zero-order valence-electron chi connectivity index (χ0n) is 14.3. The van der Waals surface area contributed by atoms with Gasteiger partial charge in [-0.15, -0.1) is 0 Å². The highest BCUT2D eigenvalue weighted by atomic mass is 32.2. The van der Waals surface area contributed by atoms with Gasteiger partial charge in [-0.1, -0.05) is 52.9 Å². The lowest BCUT2D eigenvalue weighted by atomic mass is 10.2. The molecule has 0 aliphatic rings. The smallest absolute Gasteiger partial charge is 0.275 e. The van der Waals surface area contributed by atoms with E-state index < -0.39 is 0 Å². The molecule has 6 nitrogen and oxygen atoms in total. The highest BCUT2D eigenvalue weighted by molar-refractivity contribution is 7.98. The molecule has 0 amide bonds. The Labute approximate surface area is 154 Å². The number of aliphatic hydroxyl groups is 1. The summed E-state index contributed by atoms with van der Waals surface area (Å²) in [5.74, 6) is 1.46. The third-order valence-electron chi connectivity index (χ3n) is 3.50. The molecule has 0 aliphatic heterocycles. The molecule has 2 aromatic heterocycles. The molecule has 0 unspecified atom stereocenters. The summed E-state index contributed by atoms with van der Waals surface area (Å²) in [7, 11) is 1.59. The fourth-order valence-corrected chi connectivity index (χ4v) is 3.82. The fraction of sp³-hybridized carbons (Fsp3) is 0.353. The summed E-state index contributed by atoms with van der Waals surface area (Å²) in [6.07, 6.45) is 0. The van der Waals surface area contributed by atoms with Crippen LogP contribution in [-0.4, -0.2) is 39.8 Å². The van der Waals surface area contributed by atoms with E-state index in [0.29, 0.717) is 21.8 Å². The van der Waals surface area contributed by atoms with Crippen LogP contribution in [0.5, 0.6) is 5.19 Å². The monoisotopic (exact) mass is 376 g/mol. The minimum absolute atomic E-state index is 0.0210. The van der Waals surface area contributed by atoms with Gasteiger partial charge in [0, 0.05) is 11.8 Å². The van der Waals surface area contributed by atoms with Crippen molar-refractivity contribution in [2.45, 2.75) is 30.8 Å². The van der Waals surface area contributed by atoms with Crippen LogP contribution in [0.4, 0.5) is 5.82 Å². The molecule has 1 atom stereocenters. The maximum atomic E-state index is 9.32. The standard InChI is InChI=1S/C17H20N4O2S2/c1-10-5-4-6-12(7-10)9-24-16-19-14(18-11(2)8-22)13-15(20-16)21-17(23-3)25-13/h4-7,11,22H,8-9H2,1-3H3,(H,18,19,20)/t11-/m1/s1. The molecule has 3 aromatic rings. The summed E-state index contributed by atoms with van der Waals surface area (Å²) in [5, 5.41) is 13.7. The Hall–Kier alpha value is -1.90. The molecule has 2 heterocycles. The number of fused-ring (bicyclic) bond motifs is 1. The maximum Gasteiger partial charge on any atom is 0.275 e. The quantitative estimate of drug-likeness (QED) is 0.482. The number of aliphatic hydroxyl groups excluding tert-OH is 1. The van der Waals surface area contributed by atoms with E-state index in [2.05, 4.69) is 51.5 Å². The van der Waals surface area contributed by atoms with Gasteiger partial charge in [-0.3, -0.25) is 0 Å². The number of rotatable bonds is 7. The maximum absolute atomic E-state index is 9.32. The molecule has 8 heteroatoms. The van der Waals surface area contributed by atoms with Gasteiger partial charge in [0.05, 0.1) is 13.7 Å². The van der Waals surface area contributed by atoms with Crippen LogP contribution in [0.15, 0.2) is 29.4 Å². The van der Waals surface area contributed by atoms with Crippen molar-refractivity contribution in [3.8, 4) is 5.19 Å². The first-order chi connectivity index (χ1) is 12.1. The molecule has 0 saturated heterocycles. The molecule has 25 heavy (non-hydrogen) atoms. The Bertz CT molecular complexity index is 869. The second-order valence-electron chi connectivity index (χ2n) is 5.70. The molecule has 1 aromatic carbocycles. The van der Waals surface area contributed by atoms with Crippen LogP contribution >= 0.6 is 23.1 Å². The van der Waals surface area contributed by atoms with Crippen LogP contribution < -0.4 is 10.1 Å². The van der Waals surface area contributed by atoms with Crippen LogP contribution in [-0.2, 0) is 5.75 Å². The van der Waals surface area contributed by atoms with E-state index in [1.54, 1.807) is 18.9 Å². The molecule has 2 N–H and O–H groups in total. The molecule has 132 valence electrons. The predicted molar refractivity (Wildman–Crippen MR) is 103 cm³/mol. The third kappa shape index (κ3) is 4.39. The van der Waals surface area contributed by atoms with Gasteiger partial charge in [-0.25, -0.2) is 9.97 Å². The van der Waals surface area contributed by atoms with Crippen LogP contribution in [0, 0.1) is 6.92 Å². The summed E-state index contributed by atoms with van der Waals surface area (Å²) in [6.45, 7) is 4.00. The minimum atomic E-state index is -0.110. The number of hydrogen-bond donors (Lipinski definition) is 2. The van der Waals surface area contributed by atoms with E-state index in [-0.39, 0.29) is 12.6 Å². The van der Waals surface area contributed by atoms with Crippen molar-refractivity contribution < 1.29 is 9.84 Å². The van der Waals surface area contributed by atoms with E-state index >= 15 is 0 Å². The number of hydrogen-bond acceptors (Lipinski definition) is 8. The summed E-state index contributed by atoms with van der Waals surface area (Å²) >= 11 is 2.95. The number of benzene rings is 1. The Morgan fingerprint density at radius 2 is 2.16 bits per heavy atom. The first-order valence-electron chi connectivity index (χ1n) is 7.87. The van der Waals surface area contributed by atoms with Crippen molar-refractivity contribution >= 4 is 39.3 Å². The van der Waals surface area contributed by atoms with Gasteiger partial charge in [-0.2, -0.15) is 4.98 Å². The Morgan fingerprint density at radius 1 is 1.32 bits per heavy atom. The van der Waals surface area contributed by atoms with E-state index in [1.165, 1.54) is 22.5 Å². The van der Waals surface area contributed by atoms with E-state index in [1.807, 2.05) is 6.92 Å². The first kappa shape index (κ1) is 17.9. The van der Waals surface area contributed by atoms with Crippen molar-refractivity contribution in [3.63, 3.8) is 0 Å². The highest BCUT2D eigenvalue weighted by Crippen LogP contribution is 2.33. The Balaban J connectivity index is 1.89. The van der Waals surface area contributed by atoms with Gasteiger partial charge in [-0.05, 0) is 19.4 Å². The lowest BCUT2D eigenvalue weighted by molar-refractivity contribution is 0.281. The third-order valence-corrected chi connectivity index (χ3v) is 5.43. The van der Waals surface area contributed by atoms with Crippen LogP contribution in [0.2, 0.25) is 0 Å². The number of ether oxygens (including phenoxy) is 1. The van der Waals surface area contributed by atoms with Crippen LogP contribution in [0.25, 0.3) is 10.3 Å². The molecule has 0 bridgehead atoms. The average molecular weight is 377 g/mol. The number of aryl methyl sites for hydroxylation is 1. The lowest BCUT2D eigenvalue weighted by Gasteiger charge is -2.12. The largest absolute Gasteiger partial charge is 0.473 e. The normalized spacial score (nSPS) is 12.3. The van der Waals surface area contributed by atoms with Gasteiger partial charge >= 0.3 is 0 Å². The van der Waals surface area contributed by atoms with Crippen LogP contribution in [0.3, 0.4) is 0 Å². The molecular weight excluding hydrogens is 356 g/mol. The number of thiazole rings is 1. The zero-order chi connectivity index (χ0) is 17.8. The van der Waals surface area contributed by atoms with Crippen molar-refractivity contribution in [3.05, 3.63) is 35.4 Å². The number of anilines is 1. The number of aromatic nitrogens is 3. The molecule has 0 aliphatic carbocycles. The average Bonchev–Trinajstić information content (AvgIpc) is 3.03. The van der Waals surface area contributed by atoms with E-state index in [0.717, 1.165) is 10.5 Å². The first-order valence-corrected chi connectivity index (χ1v) is 9.67. The van der Waals surface area contributed by atoms with E-state index in [4.69, 9.17) is 4.74 Å².